The number of carbonyl (C=O) groups excluding carboxylic acids is 4. The van der Waals surface area contributed by atoms with Crippen LogP contribution in [0, 0.1) is 0 Å². The third-order valence-corrected chi connectivity index (χ3v) is 4.93. The summed E-state index contributed by atoms with van der Waals surface area (Å²) in [6.07, 6.45) is -0.264. The van der Waals surface area contributed by atoms with Crippen molar-refractivity contribution in [3.63, 3.8) is 0 Å². The molecule has 4 amide bonds. The van der Waals surface area contributed by atoms with Crippen molar-refractivity contribution in [3.8, 4) is 0 Å². The monoisotopic (exact) mass is 506 g/mol. The molecule has 4 atom stereocenters. The lowest BCUT2D eigenvalue weighted by Crippen LogP contribution is -2.57. The zero-order valence-corrected chi connectivity index (χ0v) is 20.0. The van der Waals surface area contributed by atoms with Crippen LogP contribution in [0.25, 0.3) is 0 Å². The fourth-order valence-corrected chi connectivity index (χ4v) is 3.08. The van der Waals surface area contributed by atoms with Gasteiger partial charge in [0.2, 0.25) is 23.6 Å². The van der Waals surface area contributed by atoms with Gasteiger partial charge in [-0.15, -0.1) is 0 Å². The predicted octanol–water partition coefficient (Wildman–Crippen LogP) is -2.96. The highest BCUT2D eigenvalue weighted by molar-refractivity contribution is 5.96. The molecule has 198 valence electrons. The highest BCUT2D eigenvalue weighted by atomic mass is 16.4. The van der Waals surface area contributed by atoms with Crippen LogP contribution in [-0.4, -0.2) is 71.4 Å². The maximum absolute atomic E-state index is 13.0. The molecular formula is C22H34N8O6. The molecule has 0 aliphatic rings. The number of primary amides is 1. The Bertz CT molecular complexity index is 949. The van der Waals surface area contributed by atoms with Gasteiger partial charge in [0.15, 0.2) is 5.96 Å². The lowest BCUT2D eigenvalue weighted by Gasteiger charge is -2.24. The second-order valence-electron chi connectivity index (χ2n) is 8.12. The Morgan fingerprint density at radius 2 is 1.44 bits per heavy atom. The van der Waals surface area contributed by atoms with Gasteiger partial charge >= 0.3 is 5.97 Å². The average molecular weight is 507 g/mol. The average Bonchev–Trinajstić information content (AvgIpc) is 2.79. The Morgan fingerprint density at radius 1 is 0.889 bits per heavy atom. The summed E-state index contributed by atoms with van der Waals surface area (Å²) in [5.41, 5.74) is 22.0. The van der Waals surface area contributed by atoms with Crippen LogP contribution in [0.3, 0.4) is 0 Å². The number of carboxylic acid groups (broad SMARTS) is 1. The van der Waals surface area contributed by atoms with Crippen LogP contribution in [0.15, 0.2) is 35.3 Å². The molecule has 0 spiro atoms. The molecule has 0 aliphatic carbocycles. The third-order valence-electron chi connectivity index (χ3n) is 4.93. The first-order valence-electron chi connectivity index (χ1n) is 11.2. The van der Waals surface area contributed by atoms with E-state index in [-0.39, 0.29) is 31.8 Å². The molecule has 4 unspecified atom stereocenters. The summed E-state index contributed by atoms with van der Waals surface area (Å²) in [7, 11) is 0. The molecule has 0 saturated carbocycles. The van der Waals surface area contributed by atoms with Gasteiger partial charge in [-0.25, -0.2) is 4.79 Å². The number of benzene rings is 1. The number of carbonyl (C=O) groups is 5. The van der Waals surface area contributed by atoms with E-state index in [0.717, 1.165) is 0 Å². The van der Waals surface area contributed by atoms with Gasteiger partial charge < -0.3 is 44.0 Å². The summed E-state index contributed by atoms with van der Waals surface area (Å²) in [6.45, 7) is 1.52. The third kappa shape index (κ3) is 11.3. The highest BCUT2D eigenvalue weighted by Crippen LogP contribution is 2.06. The summed E-state index contributed by atoms with van der Waals surface area (Å²) >= 11 is 0. The van der Waals surface area contributed by atoms with Gasteiger partial charge in [0.25, 0.3) is 0 Å². The topological polar surface area (TPSA) is 258 Å². The molecule has 0 aliphatic heterocycles. The van der Waals surface area contributed by atoms with E-state index >= 15 is 0 Å². The highest BCUT2D eigenvalue weighted by Gasteiger charge is 2.30. The number of aliphatic imine (C=N–C) groups is 1. The molecule has 1 aromatic rings. The summed E-state index contributed by atoms with van der Waals surface area (Å²) in [5.74, 6) is -4.67. The molecule has 0 radical (unpaired) electrons. The SMILES string of the molecule is CC(N)C(=O)NC(CC(N)=O)C(=O)NC(CCCN=C(N)N)C(=O)NC(Cc1ccccc1)C(=O)O. The lowest BCUT2D eigenvalue weighted by atomic mass is 10.0. The molecule has 0 fully saturated rings. The van der Waals surface area contributed by atoms with E-state index in [1.165, 1.54) is 6.92 Å². The number of amides is 4. The lowest BCUT2D eigenvalue weighted by molar-refractivity contribution is -0.142. The molecule has 0 heterocycles. The van der Waals surface area contributed by atoms with Crippen LogP contribution in [0.5, 0.6) is 0 Å². The predicted molar refractivity (Wildman–Crippen MR) is 131 cm³/mol. The molecule has 36 heavy (non-hydrogen) atoms. The molecule has 12 N–H and O–H groups in total. The van der Waals surface area contributed by atoms with Gasteiger partial charge in [-0.3, -0.25) is 24.2 Å². The Balaban J connectivity index is 3.05. The fraction of sp³-hybridized carbons (Fsp3) is 0.455. The smallest absolute Gasteiger partial charge is 0.326 e. The molecule has 14 nitrogen and oxygen atoms in total. The number of nitrogens with zero attached hydrogens (tertiary/aromatic N) is 1. The first kappa shape index (κ1) is 29.8. The maximum Gasteiger partial charge on any atom is 0.326 e. The first-order valence-corrected chi connectivity index (χ1v) is 11.2. The van der Waals surface area contributed by atoms with Crippen LogP contribution < -0.4 is 38.9 Å². The minimum Gasteiger partial charge on any atom is -0.480 e. The number of nitrogens with two attached hydrogens (primary N) is 4. The number of rotatable bonds is 15. The van der Waals surface area contributed by atoms with Crippen molar-refractivity contribution >= 4 is 35.6 Å². The Labute approximate surface area is 208 Å². The molecule has 0 bridgehead atoms. The van der Waals surface area contributed by atoms with E-state index in [0.29, 0.717) is 5.56 Å². The summed E-state index contributed by atoms with van der Waals surface area (Å²) in [5, 5.41) is 16.8. The second-order valence-corrected chi connectivity index (χ2v) is 8.12. The Kier molecular flexibility index (Phi) is 12.4. The van der Waals surface area contributed by atoms with E-state index in [1.54, 1.807) is 30.3 Å². The van der Waals surface area contributed by atoms with Gasteiger partial charge in [0, 0.05) is 13.0 Å². The van der Waals surface area contributed by atoms with E-state index in [2.05, 4.69) is 20.9 Å². The van der Waals surface area contributed by atoms with Crippen LogP contribution >= 0.6 is 0 Å². The van der Waals surface area contributed by atoms with E-state index < -0.39 is 60.2 Å². The van der Waals surface area contributed by atoms with Gasteiger partial charge in [-0.2, -0.15) is 0 Å². The normalized spacial score (nSPS) is 13.8. The zero-order chi connectivity index (χ0) is 27.3. The van der Waals surface area contributed by atoms with Crippen molar-refractivity contribution in [1.82, 2.24) is 16.0 Å². The van der Waals surface area contributed by atoms with Crippen LogP contribution in [0.1, 0.15) is 31.7 Å². The number of nitrogens with one attached hydrogen (secondary N) is 3. The van der Waals surface area contributed by atoms with Gasteiger partial charge in [-0.1, -0.05) is 30.3 Å². The molecular weight excluding hydrogens is 472 g/mol. The second kappa shape index (κ2) is 14.9. The number of hydrogen-bond acceptors (Lipinski definition) is 7. The zero-order valence-electron chi connectivity index (χ0n) is 20.0. The van der Waals surface area contributed by atoms with E-state index in [9.17, 15) is 29.1 Å². The largest absolute Gasteiger partial charge is 0.480 e. The maximum atomic E-state index is 13.0. The standard InChI is InChI=1S/C22H34N8O6/c1-12(23)18(32)29-15(11-17(24)31)20(34)28-14(8-5-9-27-22(25)26)19(33)30-16(21(35)36)10-13-6-3-2-4-7-13/h2-4,6-7,12,14-16H,5,8-11,23H2,1H3,(H2,24,31)(H,28,34)(H,29,32)(H,30,33)(H,35,36)(H4,25,26,27). The number of guanidine groups is 1. The van der Waals surface area contributed by atoms with Crippen molar-refractivity contribution in [3.05, 3.63) is 35.9 Å². The summed E-state index contributed by atoms with van der Waals surface area (Å²) < 4.78 is 0. The van der Waals surface area contributed by atoms with Crippen molar-refractivity contribution in [2.24, 2.45) is 27.9 Å². The molecule has 1 aromatic carbocycles. The Hall–Kier alpha value is -4.20. The molecule has 14 heteroatoms. The summed E-state index contributed by atoms with van der Waals surface area (Å²) in [6, 6.07) is 3.79. The van der Waals surface area contributed by atoms with Crippen molar-refractivity contribution in [2.75, 3.05) is 6.54 Å². The van der Waals surface area contributed by atoms with Crippen molar-refractivity contribution < 1.29 is 29.1 Å². The molecule has 0 aromatic heterocycles. The number of aliphatic carboxylic acids is 1. The van der Waals surface area contributed by atoms with Gasteiger partial charge in [-0.05, 0) is 25.3 Å². The van der Waals surface area contributed by atoms with Crippen LogP contribution in [-0.2, 0) is 30.4 Å². The molecule has 0 saturated heterocycles. The fourth-order valence-electron chi connectivity index (χ4n) is 3.08. The minimum atomic E-state index is -1.39. The number of hydrogen-bond donors (Lipinski definition) is 8. The number of carboxylic acids is 1. The minimum absolute atomic E-state index is 0.00528. The van der Waals surface area contributed by atoms with Gasteiger partial charge in [0.05, 0.1) is 12.5 Å². The van der Waals surface area contributed by atoms with E-state index in [4.69, 9.17) is 22.9 Å². The van der Waals surface area contributed by atoms with E-state index in [1.807, 2.05) is 0 Å². The van der Waals surface area contributed by atoms with Crippen LogP contribution in [0.2, 0.25) is 0 Å². The quantitative estimate of drug-likeness (QED) is 0.0685. The van der Waals surface area contributed by atoms with Crippen LogP contribution in [0.4, 0.5) is 0 Å². The van der Waals surface area contributed by atoms with Crippen molar-refractivity contribution in [2.45, 2.75) is 56.8 Å². The van der Waals surface area contributed by atoms with Gasteiger partial charge in [0.1, 0.15) is 18.1 Å². The first-order chi connectivity index (χ1) is 16.9. The molecule has 1 rings (SSSR count). The summed E-state index contributed by atoms with van der Waals surface area (Å²) in [4.78, 5) is 64.9. The van der Waals surface area contributed by atoms with Crippen molar-refractivity contribution in [1.29, 1.82) is 0 Å². The Morgan fingerprint density at radius 3 is 1.97 bits per heavy atom.